The third-order valence-corrected chi connectivity index (χ3v) is 7.27. The molecule has 0 aliphatic heterocycles. The molecule has 1 amide bonds. The molecule has 0 aromatic heterocycles. The molecule has 0 saturated heterocycles. The average Bonchev–Trinajstić information content (AvgIpc) is 2.94. The molecule has 4 rings (SSSR count). The normalized spacial score (nSPS) is 14.2. The van der Waals surface area contributed by atoms with Gasteiger partial charge in [-0.1, -0.05) is 103 Å². The Balaban J connectivity index is 1.62. The lowest BCUT2D eigenvalue weighted by molar-refractivity contribution is -0.242. The van der Waals surface area contributed by atoms with Gasteiger partial charge in [0.05, 0.1) is 11.6 Å². The summed E-state index contributed by atoms with van der Waals surface area (Å²) in [4.78, 5) is 22.9. The van der Waals surface area contributed by atoms with Gasteiger partial charge in [0.15, 0.2) is 0 Å². The smallest absolute Gasteiger partial charge is 0.248 e. The van der Waals surface area contributed by atoms with Gasteiger partial charge < -0.3 is 0 Å². The van der Waals surface area contributed by atoms with Crippen LogP contribution in [0.1, 0.15) is 76.7 Å². The highest BCUT2D eigenvalue weighted by atomic mass is 16.7. The number of fused-ring (bicyclic) bond motifs is 1. The van der Waals surface area contributed by atoms with Gasteiger partial charge >= 0.3 is 0 Å². The summed E-state index contributed by atoms with van der Waals surface area (Å²) in [5, 5.41) is 3.91. The predicted octanol–water partition coefficient (Wildman–Crippen LogP) is 8.50. The lowest BCUT2D eigenvalue weighted by Crippen LogP contribution is -2.44. The summed E-state index contributed by atoms with van der Waals surface area (Å²) >= 11 is 0. The summed E-state index contributed by atoms with van der Waals surface area (Å²) in [5.74, 6) is -0.0174. The van der Waals surface area contributed by atoms with Crippen LogP contribution in [0.3, 0.4) is 0 Å². The quantitative estimate of drug-likeness (QED) is 0.196. The molecule has 0 heterocycles. The van der Waals surface area contributed by atoms with Crippen molar-refractivity contribution in [2.45, 2.75) is 78.2 Å². The Labute approximate surface area is 234 Å². The first-order valence-electron chi connectivity index (χ1n) is 14.0. The molecule has 3 atom stereocenters. The number of hydrogen-bond donors (Lipinski definition) is 0. The Morgan fingerprint density at radius 2 is 1.33 bits per heavy atom. The van der Waals surface area contributed by atoms with Crippen LogP contribution in [0.4, 0.5) is 0 Å². The maximum absolute atomic E-state index is 14.1. The number of hydrogen-bond acceptors (Lipinski definition) is 3. The summed E-state index contributed by atoms with van der Waals surface area (Å²) in [7, 11) is 0. The zero-order chi connectivity index (χ0) is 28.0. The minimum Gasteiger partial charge on any atom is -0.289 e. The van der Waals surface area contributed by atoms with Crippen molar-refractivity contribution in [1.29, 1.82) is 0 Å². The van der Waals surface area contributed by atoms with E-state index in [2.05, 4.69) is 105 Å². The molecule has 4 nitrogen and oxygen atoms in total. The summed E-state index contributed by atoms with van der Waals surface area (Å²) < 4.78 is 0. The SMILES string of the molecule is C[C@@H](c1cccc2ccccc12)N(OC(C)(C)C)C(=O)C[C@H](C)N(Cc1ccccc1)[C@@H](C)c1ccccc1. The molecule has 0 saturated carbocycles. The number of carbonyl (C=O) groups is 1. The van der Waals surface area contributed by atoms with E-state index in [1.54, 1.807) is 5.06 Å². The summed E-state index contributed by atoms with van der Waals surface area (Å²) in [6.07, 6.45) is 0.342. The maximum Gasteiger partial charge on any atom is 0.248 e. The third-order valence-electron chi connectivity index (χ3n) is 7.27. The van der Waals surface area contributed by atoms with Gasteiger partial charge in [-0.2, -0.15) is 0 Å². The molecule has 0 N–H and O–H groups in total. The van der Waals surface area contributed by atoms with Crippen LogP contribution in [0.5, 0.6) is 0 Å². The molecule has 0 aliphatic carbocycles. The molecule has 0 bridgehead atoms. The predicted molar refractivity (Wildman–Crippen MR) is 161 cm³/mol. The van der Waals surface area contributed by atoms with E-state index >= 15 is 0 Å². The third kappa shape index (κ3) is 7.35. The molecule has 4 aromatic carbocycles. The number of amides is 1. The first-order valence-corrected chi connectivity index (χ1v) is 14.0. The van der Waals surface area contributed by atoms with Gasteiger partial charge in [0.2, 0.25) is 5.91 Å². The average molecular weight is 523 g/mol. The minimum atomic E-state index is -0.515. The van der Waals surface area contributed by atoms with Crippen molar-refractivity contribution < 1.29 is 9.63 Å². The van der Waals surface area contributed by atoms with E-state index in [4.69, 9.17) is 4.84 Å². The number of carbonyl (C=O) groups excluding carboxylic acids is 1. The van der Waals surface area contributed by atoms with Gasteiger partial charge in [-0.25, -0.2) is 5.06 Å². The molecule has 39 heavy (non-hydrogen) atoms. The van der Waals surface area contributed by atoms with Crippen molar-refractivity contribution >= 4 is 16.7 Å². The van der Waals surface area contributed by atoms with Crippen LogP contribution in [0, 0.1) is 0 Å². The van der Waals surface area contributed by atoms with Gasteiger partial charge in [0.1, 0.15) is 0 Å². The fraction of sp³-hybridized carbons (Fsp3) is 0.343. The second-order valence-electron chi connectivity index (χ2n) is 11.5. The fourth-order valence-corrected chi connectivity index (χ4v) is 5.23. The highest BCUT2D eigenvalue weighted by molar-refractivity contribution is 5.86. The van der Waals surface area contributed by atoms with E-state index in [0.29, 0.717) is 6.42 Å². The van der Waals surface area contributed by atoms with Crippen LogP contribution in [0.15, 0.2) is 103 Å². The molecule has 204 valence electrons. The van der Waals surface area contributed by atoms with Gasteiger partial charge in [-0.05, 0) is 69.0 Å². The molecule has 4 heteroatoms. The van der Waals surface area contributed by atoms with Gasteiger partial charge in [0, 0.05) is 25.0 Å². The molecule has 0 fully saturated rings. The van der Waals surface area contributed by atoms with Crippen LogP contribution in [-0.4, -0.2) is 27.5 Å². The Morgan fingerprint density at radius 3 is 2.00 bits per heavy atom. The zero-order valence-corrected chi connectivity index (χ0v) is 24.2. The second kappa shape index (κ2) is 12.6. The molecule has 0 spiro atoms. The lowest BCUT2D eigenvalue weighted by atomic mass is 9.98. The van der Waals surface area contributed by atoms with Crippen molar-refractivity contribution in [3.8, 4) is 0 Å². The van der Waals surface area contributed by atoms with Gasteiger partial charge in [0.25, 0.3) is 0 Å². The standard InChI is InChI=1S/C35H42N2O2/c1-26(36(25-29-16-9-7-10-17-29)27(2)30-18-11-8-12-19-30)24-34(38)37(39-35(4,5)6)28(3)32-23-15-21-31-20-13-14-22-33(31)32/h7-23,26-28H,24-25H2,1-6H3/t26-,27-,28-/m0/s1. The van der Waals surface area contributed by atoms with Crippen LogP contribution in [-0.2, 0) is 16.2 Å². The van der Waals surface area contributed by atoms with E-state index in [9.17, 15) is 4.79 Å². The van der Waals surface area contributed by atoms with Crippen molar-refractivity contribution in [2.24, 2.45) is 0 Å². The molecular formula is C35H42N2O2. The van der Waals surface area contributed by atoms with Crippen molar-refractivity contribution in [3.05, 3.63) is 120 Å². The number of nitrogens with zero attached hydrogens (tertiary/aromatic N) is 2. The van der Waals surface area contributed by atoms with Crippen molar-refractivity contribution in [3.63, 3.8) is 0 Å². The monoisotopic (exact) mass is 522 g/mol. The lowest BCUT2D eigenvalue weighted by Gasteiger charge is -2.38. The molecule has 0 radical (unpaired) electrons. The van der Waals surface area contributed by atoms with E-state index in [1.165, 1.54) is 11.1 Å². The Bertz CT molecular complexity index is 1340. The van der Waals surface area contributed by atoms with Crippen LogP contribution < -0.4 is 0 Å². The zero-order valence-electron chi connectivity index (χ0n) is 24.2. The maximum atomic E-state index is 14.1. The summed E-state index contributed by atoms with van der Waals surface area (Å²) in [5.41, 5.74) is 3.03. The number of benzene rings is 4. The Morgan fingerprint density at radius 1 is 0.744 bits per heavy atom. The first-order chi connectivity index (χ1) is 18.6. The minimum absolute atomic E-state index is 0.0151. The van der Waals surface area contributed by atoms with Crippen molar-refractivity contribution in [2.75, 3.05) is 0 Å². The fourth-order valence-electron chi connectivity index (χ4n) is 5.23. The van der Waals surface area contributed by atoms with Crippen molar-refractivity contribution in [1.82, 2.24) is 9.96 Å². The first kappa shape index (κ1) is 28.5. The number of rotatable bonds is 10. The van der Waals surface area contributed by atoms with E-state index in [0.717, 1.165) is 22.9 Å². The topological polar surface area (TPSA) is 32.8 Å². The van der Waals surface area contributed by atoms with E-state index in [-0.39, 0.29) is 24.0 Å². The van der Waals surface area contributed by atoms with Gasteiger partial charge in [-0.3, -0.25) is 14.5 Å². The molecule has 0 aliphatic rings. The summed E-state index contributed by atoms with van der Waals surface area (Å²) in [6.45, 7) is 13.2. The highest BCUT2D eigenvalue weighted by Gasteiger charge is 2.32. The van der Waals surface area contributed by atoms with E-state index in [1.807, 2.05) is 45.0 Å². The Kier molecular flexibility index (Phi) is 9.21. The molecular weight excluding hydrogens is 480 g/mol. The summed E-state index contributed by atoms with van der Waals surface area (Å²) in [6, 6.07) is 35.5. The second-order valence-corrected chi connectivity index (χ2v) is 11.5. The van der Waals surface area contributed by atoms with E-state index < -0.39 is 5.60 Å². The van der Waals surface area contributed by atoms with Crippen LogP contribution in [0.25, 0.3) is 10.8 Å². The van der Waals surface area contributed by atoms with Crippen LogP contribution >= 0.6 is 0 Å². The molecule has 0 unspecified atom stereocenters. The Hall–Kier alpha value is -3.47. The number of hydroxylamine groups is 2. The largest absolute Gasteiger partial charge is 0.289 e. The van der Waals surface area contributed by atoms with Crippen LogP contribution in [0.2, 0.25) is 0 Å². The van der Waals surface area contributed by atoms with Gasteiger partial charge in [-0.15, -0.1) is 0 Å². The highest BCUT2D eigenvalue weighted by Crippen LogP contribution is 2.32. The molecule has 4 aromatic rings.